The van der Waals surface area contributed by atoms with Gasteiger partial charge in [0.2, 0.25) is 15.9 Å². The molecule has 2 aromatic carbocycles. The van der Waals surface area contributed by atoms with Crippen LogP contribution in [0.1, 0.15) is 15.9 Å². The maximum Gasteiger partial charge on any atom is 0.405 e. The SMILES string of the molecule is CN(CC(=O)Nc1cccc(S(N)(=O)=O)c1)Cc1ccc(C(=O)NCC(F)(F)F)cc1. The number of nitrogens with zero attached hydrogens (tertiary/aromatic N) is 1. The summed E-state index contributed by atoms with van der Waals surface area (Å²) in [6, 6.07) is 11.5. The van der Waals surface area contributed by atoms with E-state index in [1.165, 1.54) is 36.4 Å². The first-order chi connectivity index (χ1) is 14.3. The Morgan fingerprint density at radius 1 is 1.10 bits per heavy atom. The molecule has 8 nitrogen and oxygen atoms in total. The smallest absolute Gasteiger partial charge is 0.343 e. The lowest BCUT2D eigenvalue weighted by atomic mass is 10.1. The van der Waals surface area contributed by atoms with Crippen molar-refractivity contribution in [3.63, 3.8) is 0 Å². The molecule has 0 saturated carbocycles. The Bertz CT molecular complexity index is 1040. The zero-order valence-corrected chi connectivity index (χ0v) is 17.3. The van der Waals surface area contributed by atoms with Crippen LogP contribution in [-0.2, 0) is 21.4 Å². The quantitative estimate of drug-likeness (QED) is 0.556. The summed E-state index contributed by atoms with van der Waals surface area (Å²) >= 11 is 0. The number of likely N-dealkylation sites (N-methyl/N-ethyl adjacent to an activating group) is 1. The Morgan fingerprint density at radius 3 is 2.32 bits per heavy atom. The number of amides is 2. The highest BCUT2D eigenvalue weighted by molar-refractivity contribution is 7.89. The molecule has 2 amide bonds. The van der Waals surface area contributed by atoms with Crippen LogP contribution >= 0.6 is 0 Å². The highest BCUT2D eigenvalue weighted by Gasteiger charge is 2.27. The Balaban J connectivity index is 1.89. The Labute approximate surface area is 177 Å². The second kappa shape index (κ2) is 9.90. The van der Waals surface area contributed by atoms with E-state index >= 15 is 0 Å². The molecule has 2 rings (SSSR count). The second-order valence-corrected chi connectivity index (χ2v) is 8.35. The highest BCUT2D eigenvalue weighted by Crippen LogP contribution is 2.15. The monoisotopic (exact) mass is 458 g/mol. The van der Waals surface area contributed by atoms with Crippen molar-refractivity contribution in [3.8, 4) is 0 Å². The summed E-state index contributed by atoms with van der Waals surface area (Å²) in [5.41, 5.74) is 1.10. The molecule has 0 aliphatic rings. The van der Waals surface area contributed by atoms with Gasteiger partial charge in [-0.15, -0.1) is 0 Å². The van der Waals surface area contributed by atoms with Crippen molar-refractivity contribution in [3.05, 3.63) is 59.7 Å². The number of nitrogens with two attached hydrogens (primary N) is 1. The Kier molecular flexibility index (Phi) is 7.76. The minimum Gasteiger partial charge on any atom is -0.343 e. The van der Waals surface area contributed by atoms with Gasteiger partial charge >= 0.3 is 6.18 Å². The molecular formula is C19H21F3N4O4S. The van der Waals surface area contributed by atoms with Crippen LogP contribution < -0.4 is 15.8 Å². The van der Waals surface area contributed by atoms with E-state index in [2.05, 4.69) is 5.32 Å². The van der Waals surface area contributed by atoms with Crippen molar-refractivity contribution in [1.82, 2.24) is 10.2 Å². The summed E-state index contributed by atoms with van der Waals surface area (Å²) in [6.07, 6.45) is -4.49. The number of hydrogen-bond acceptors (Lipinski definition) is 5. The van der Waals surface area contributed by atoms with E-state index < -0.39 is 34.6 Å². The van der Waals surface area contributed by atoms with Crippen molar-refractivity contribution < 1.29 is 31.2 Å². The molecule has 0 radical (unpaired) electrons. The molecule has 0 aliphatic carbocycles. The topological polar surface area (TPSA) is 122 Å². The largest absolute Gasteiger partial charge is 0.405 e. The highest BCUT2D eigenvalue weighted by atomic mass is 32.2. The second-order valence-electron chi connectivity index (χ2n) is 6.79. The van der Waals surface area contributed by atoms with Gasteiger partial charge in [-0.1, -0.05) is 18.2 Å². The van der Waals surface area contributed by atoms with Crippen LogP contribution in [0.2, 0.25) is 0 Å². The van der Waals surface area contributed by atoms with Crippen molar-refractivity contribution in [2.45, 2.75) is 17.6 Å². The molecule has 168 valence electrons. The van der Waals surface area contributed by atoms with Gasteiger partial charge in [0, 0.05) is 17.8 Å². The number of carbonyl (C=O) groups is 2. The number of anilines is 1. The van der Waals surface area contributed by atoms with E-state index in [0.29, 0.717) is 6.54 Å². The third kappa shape index (κ3) is 8.36. The molecule has 0 aromatic heterocycles. The first-order valence-electron chi connectivity index (χ1n) is 8.88. The van der Waals surface area contributed by atoms with Gasteiger partial charge in [-0.2, -0.15) is 13.2 Å². The lowest BCUT2D eigenvalue weighted by Gasteiger charge is -2.17. The number of halogens is 3. The van der Waals surface area contributed by atoms with Crippen molar-refractivity contribution >= 4 is 27.5 Å². The number of nitrogens with one attached hydrogen (secondary N) is 2. The lowest BCUT2D eigenvalue weighted by Crippen LogP contribution is -2.33. The van der Waals surface area contributed by atoms with Gasteiger partial charge in [0.1, 0.15) is 6.54 Å². The van der Waals surface area contributed by atoms with Crippen LogP contribution in [0.5, 0.6) is 0 Å². The van der Waals surface area contributed by atoms with Crippen molar-refractivity contribution in [1.29, 1.82) is 0 Å². The molecule has 0 saturated heterocycles. The maximum atomic E-state index is 12.2. The molecule has 4 N–H and O–H groups in total. The molecule has 0 bridgehead atoms. The maximum absolute atomic E-state index is 12.2. The van der Waals surface area contributed by atoms with Gasteiger partial charge in [0.05, 0.1) is 11.4 Å². The zero-order chi connectivity index (χ0) is 23.2. The average molecular weight is 458 g/mol. The van der Waals surface area contributed by atoms with Gasteiger partial charge in [0.15, 0.2) is 0 Å². The first kappa shape index (κ1) is 24.3. The lowest BCUT2D eigenvalue weighted by molar-refractivity contribution is -0.123. The molecule has 31 heavy (non-hydrogen) atoms. The molecule has 0 spiro atoms. The average Bonchev–Trinajstić information content (AvgIpc) is 2.65. The van der Waals surface area contributed by atoms with Crippen molar-refractivity contribution in [2.75, 3.05) is 25.5 Å². The Morgan fingerprint density at radius 2 is 1.74 bits per heavy atom. The summed E-state index contributed by atoms with van der Waals surface area (Å²) in [6.45, 7) is -1.10. The Hall–Kier alpha value is -2.96. The van der Waals surface area contributed by atoms with E-state index in [-0.39, 0.29) is 22.7 Å². The minimum atomic E-state index is -4.49. The number of alkyl halides is 3. The third-order valence-corrected chi connectivity index (χ3v) is 4.89. The molecule has 0 unspecified atom stereocenters. The molecule has 2 aromatic rings. The van der Waals surface area contributed by atoms with Crippen LogP contribution in [0.3, 0.4) is 0 Å². The standard InChI is InChI=1S/C19H21F3N4O4S/c1-26(11-17(27)25-15-3-2-4-16(9-15)31(23,29)30)10-13-5-7-14(8-6-13)18(28)24-12-19(20,21)22/h2-9H,10-12H2,1H3,(H,24,28)(H,25,27)(H2,23,29,30). The van der Waals surface area contributed by atoms with Gasteiger partial charge in [0.25, 0.3) is 5.91 Å². The number of rotatable bonds is 8. The predicted octanol–water partition coefficient (Wildman–Crippen LogP) is 1.70. The van der Waals surface area contributed by atoms with Crippen molar-refractivity contribution in [2.24, 2.45) is 5.14 Å². The fourth-order valence-corrected chi connectivity index (χ4v) is 3.17. The normalized spacial score (nSPS) is 11.9. The summed E-state index contributed by atoms with van der Waals surface area (Å²) in [7, 11) is -2.22. The number of sulfonamides is 1. The minimum absolute atomic E-state index is 0.0204. The fourth-order valence-electron chi connectivity index (χ4n) is 2.61. The fraction of sp³-hybridized carbons (Fsp3) is 0.263. The molecule has 12 heteroatoms. The van der Waals surface area contributed by atoms with E-state index in [9.17, 15) is 31.2 Å². The van der Waals surface area contributed by atoms with Gasteiger partial charge < -0.3 is 10.6 Å². The first-order valence-corrected chi connectivity index (χ1v) is 10.4. The predicted molar refractivity (Wildman–Crippen MR) is 108 cm³/mol. The molecule has 0 heterocycles. The van der Waals surface area contributed by atoms with Gasteiger partial charge in [-0.05, 0) is 42.9 Å². The van der Waals surface area contributed by atoms with E-state index in [1.807, 2.05) is 0 Å². The summed E-state index contributed by atoms with van der Waals surface area (Å²) in [5.74, 6) is -1.23. The third-order valence-electron chi connectivity index (χ3n) is 3.98. The molecule has 0 fully saturated rings. The molecule has 0 atom stereocenters. The van der Waals surface area contributed by atoms with Gasteiger partial charge in [-0.3, -0.25) is 14.5 Å². The van der Waals surface area contributed by atoms with E-state index in [4.69, 9.17) is 5.14 Å². The number of primary sulfonamides is 1. The van der Waals surface area contributed by atoms with Crippen LogP contribution in [0.4, 0.5) is 18.9 Å². The van der Waals surface area contributed by atoms with Crippen LogP contribution in [0.15, 0.2) is 53.4 Å². The van der Waals surface area contributed by atoms with Gasteiger partial charge in [-0.25, -0.2) is 13.6 Å². The molecular weight excluding hydrogens is 437 g/mol. The van der Waals surface area contributed by atoms with E-state index in [1.54, 1.807) is 29.4 Å². The van der Waals surface area contributed by atoms with Crippen LogP contribution in [0.25, 0.3) is 0 Å². The number of carbonyl (C=O) groups excluding carboxylic acids is 2. The van der Waals surface area contributed by atoms with Crippen LogP contribution in [-0.4, -0.2) is 51.4 Å². The number of benzene rings is 2. The summed E-state index contributed by atoms with van der Waals surface area (Å²) in [5, 5.41) is 9.43. The molecule has 0 aliphatic heterocycles. The zero-order valence-electron chi connectivity index (χ0n) is 16.4. The van der Waals surface area contributed by atoms with Crippen LogP contribution in [0, 0.1) is 0 Å². The van der Waals surface area contributed by atoms with E-state index in [0.717, 1.165) is 5.56 Å². The summed E-state index contributed by atoms with van der Waals surface area (Å²) in [4.78, 5) is 25.4. The number of hydrogen-bond donors (Lipinski definition) is 3. The summed E-state index contributed by atoms with van der Waals surface area (Å²) < 4.78 is 59.3.